The summed E-state index contributed by atoms with van der Waals surface area (Å²) in [5, 5.41) is 0. The van der Waals surface area contributed by atoms with Gasteiger partial charge >= 0.3 is 5.97 Å². The molecule has 9 atom stereocenters. The Bertz CT molecular complexity index is 869. The van der Waals surface area contributed by atoms with Crippen molar-refractivity contribution in [2.24, 2.45) is 29.6 Å². The fourth-order valence-electron chi connectivity index (χ4n) is 6.84. The van der Waals surface area contributed by atoms with E-state index in [1.54, 1.807) is 0 Å². The number of pyridine rings is 1. The molecule has 1 saturated carbocycles. The van der Waals surface area contributed by atoms with Gasteiger partial charge in [0.05, 0.1) is 12.0 Å². The van der Waals surface area contributed by atoms with E-state index in [2.05, 4.69) is 51.7 Å². The molecular weight excluding hydrogens is 405 g/mol. The van der Waals surface area contributed by atoms with Gasteiger partial charge in [0.25, 0.3) is 0 Å². The zero-order chi connectivity index (χ0) is 21.9. The minimum Gasteiger partial charge on any atom is -0.435 e. The first kappa shape index (κ1) is 21.6. The summed E-state index contributed by atoms with van der Waals surface area (Å²) in [6, 6.07) is 6.17. The smallest absolute Gasteiger partial charge is 0.312 e. The minimum atomic E-state index is -0.371. The number of aromatic nitrogens is 1. The molecule has 2 bridgehead atoms. The Balaban J connectivity index is 1.40. The Hall–Kier alpha value is -1.25. The highest BCUT2D eigenvalue weighted by atomic mass is 31.1. The Morgan fingerprint density at radius 2 is 1.97 bits per heavy atom. The third-order valence-corrected chi connectivity index (χ3v) is 12.1. The van der Waals surface area contributed by atoms with Crippen LogP contribution < -0.4 is 0 Å². The summed E-state index contributed by atoms with van der Waals surface area (Å²) in [7, 11) is -0.369. The van der Waals surface area contributed by atoms with Gasteiger partial charge in [-0.25, -0.2) is 0 Å². The molecule has 2 unspecified atom stereocenters. The number of nitrogens with zero attached hydrogens (tertiary/aromatic N) is 1. The van der Waals surface area contributed by atoms with Gasteiger partial charge in [-0.1, -0.05) is 45.9 Å². The number of carbonyl (C=O) groups is 1. The lowest BCUT2D eigenvalue weighted by atomic mass is 9.74. The standard InChI is InChI=1S/C26H36NO3P/c1-14(2)19-12-15(3)9-10-20(19)29-26-22-21(25(28)30-26)23-16(4)17(5)24(22)31(23)13-18-8-6-7-11-27-18/h6-8,11,14-15,19-24,26H,9-10,12-13H2,1-5H3/t15-,19-,20?,21+,22-,23+,24-,26+,31?/m0/s1. The van der Waals surface area contributed by atoms with E-state index in [4.69, 9.17) is 9.47 Å². The van der Waals surface area contributed by atoms with Crippen molar-refractivity contribution < 1.29 is 14.3 Å². The summed E-state index contributed by atoms with van der Waals surface area (Å²) < 4.78 is 12.7. The summed E-state index contributed by atoms with van der Waals surface area (Å²) in [5.74, 6) is 2.04. The molecule has 1 aromatic heterocycles. The average molecular weight is 442 g/mol. The number of rotatable bonds is 5. The van der Waals surface area contributed by atoms with Gasteiger partial charge in [-0.2, -0.15) is 0 Å². The van der Waals surface area contributed by atoms with Crippen molar-refractivity contribution in [3.05, 3.63) is 41.2 Å². The first-order valence-electron chi connectivity index (χ1n) is 12.1. The van der Waals surface area contributed by atoms with Crippen LogP contribution in [0.1, 0.15) is 59.6 Å². The SMILES string of the molecule is CC1=C(C)[C@H]2[C@H]3[C@H](OC4CC[C@H](C)C[C@H]4C(C)C)OC(=O)[C@H]3[C@@H]1P2Cc1ccccn1. The van der Waals surface area contributed by atoms with Gasteiger partial charge in [-0.15, -0.1) is 0 Å². The highest BCUT2D eigenvalue weighted by molar-refractivity contribution is 7.59. The van der Waals surface area contributed by atoms with Gasteiger partial charge in [0.1, 0.15) is 0 Å². The Morgan fingerprint density at radius 3 is 2.68 bits per heavy atom. The predicted molar refractivity (Wildman–Crippen MR) is 124 cm³/mol. The second-order valence-electron chi connectivity index (χ2n) is 10.7. The number of esters is 1. The van der Waals surface area contributed by atoms with E-state index >= 15 is 0 Å². The van der Waals surface area contributed by atoms with Gasteiger partial charge in [0.15, 0.2) is 0 Å². The lowest BCUT2D eigenvalue weighted by molar-refractivity contribution is -0.194. The molecule has 0 N–H and O–H groups in total. The lowest BCUT2D eigenvalue weighted by Crippen LogP contribution is -2.40. The number of ether oxygens (including phenoxy) is 2. The molecule has 5 heteroatoms. The van der Waals surface area contributed by atoms with Crippen LogP contribution in [0.3, 0.4) is 0 Å². The Morgan fingerprint density at radius 1 is 1.19 bits per heavy atom. The van der Waals surface area contributed by atoms with Crippen molar-refractivity contribution in [3.8, 4) is 0 Å². The molecule has 168 valence electrons. The minimum absolute atomic E-state index is 0.0199. The second kappa shape index (κ2) is 8.27. The van der Waals surface area contributed by atoms with E-state index in [0.717, 1.165) is 24.2 Å². The number of cyclic esters (lactones) is 1. The van der Waals surface area contributed by atoms with Crippen molar-refractivity contribution in [1.82, 2.24) is 4.98 Å². The lowest BCUT2D eigenvalue weighted by Gasteiger charge is -2.39. The first-order chi connectivity index (χ1) is 14.9. The van der Waals surface area contributed by atoms with Crippen LogP contribution in [0.25, 0.3) is 0 Å². The molecule has 1 aromatic rings. The van der Waals surface area contributed by atoms with E-state index in [1.165, 1.54) is 24.0 Å². The number of hydrogen-bond acceptors (Lipinski definition) is 4. The number of hydrogen-bond donors (Lipinski definition) is 0. The number of allylic oxidation sites excluding steroid dienone is 2. The molecule has 31 heavy (non-hydrogen) atoms. The second-order valence-corrected chi connectivity index (χ2v) is 13.1. The summed E-state index contributed by atoms with van der Waals surface area (Å²) in [4.78, 5) is 17.7. The van der Waals surface area contributed by atoms with Gasteiger partial charge in [0, 0.05) is 35.3 Å². The molecule has 5 rings (SSSR count). The number of carbonyl (C=O) groups excluding carboxylic acids is 1. The monoisotopic (exact) mass is 441 g/mol. The summed E-state index contributed by atoms with van der Waals surface area (Å²) in [6.45, 7) is 11.5. The van der Waals surface area contributed by atoms with Crippen molar-refractivity contribution >= 4 is 13.9 Å². The van der Waals surface area contributed by atoms with Crippen LogP contribution >= 0.6 is 7.92 Å². The maximum atomic E-state index is 13.1. The largest absolute Gasteiger partial charge is 0.435 e. The van der Waals surface area contributed by atoms with E-state index in [0.29, 0.717) is 23.2 Å². The Labute approximate surface area is 187 Å². The molecule has 0 spiro atoms. The molecule has 3 aliphatic heterocycles. The van der Waals surface area contributed by atoms with Crippen LogP contribution in [-0.2, 0) is 20.4 Å². The van der Waals surface area contributed by atoms with Crippen LogP contribution in [0.2, 0.25) is 0 Å². The molecule has 4 aliphatic rings. The third kappa shape index (κ3) is 3.59. The van der Waals surface area contributed by atoms with E-state index in [1.807, 2.05) is 12.3 Å². The van der Waals surface area contributed by atoms with Gasteiger partial charge in [-0.05, 0) is 63.0 Å². The molecule has 0 radical (unpaired) electrons. The van der Waals surface area contributed by atoms with Crippen molar-refractivity contribution in [3.63, 3.8) is 0 Å². The van der Waals surface area contributed by atoms with Crippen LogP contribution in [0.15, 0.2) is 35.5 Å². The van der Waals surface area contributed by atoms with Gasteiger partial charge < -0.3 is 9.47 Å². The Kier molecular flexibility index (Phi) is 5.76. The third-order valence-electron chi connectivity index (χ3n) is 8.49. The molecular formula is C26H36NO3P. The average Bonchev–Trinajstić information content (AvgIpc) is 3.31. The van der Waals surface area contributed by atoms with Crippen molar-refractivity contribution in [2.75, 3.05) is 0 Å². The van der Waals surface area contributed by atoms with Crippen LogP contribution in [0, 0.1) is 29.6 Å². The first-order valence-corrected chi connectivity index (χ1v) is 13.7. The molecule has 4 heterocycles. The molecule has 1 aliphatic carbocycles. The highest BCUT2D eigenvalue weighted by Crippen LogP contribution is 2.73. The molecule has 4 nitrogen and oxygen atoms in total. The predicted octanol–water partition coefficient (Wildman–Crippen LogP) is 5.76. The van der Waals surface area contributed by atoms with Crippen LogP contribution in [0.4, 0.5) is 0 Å². The summed E-state index contributed by atoms with van der Waals surface area (Å²) in [5.41, 5.74) is 4.82. The van der Waals surface area contributed by atoms with Crippen molar-refractivity contribution in [1.29, 1.82) is 0 Å². The molecule has 3 fully saturated rings. The quantitative estimate of drug-likeness (QED) is 0.331. The fraction of sp³-hybridized carbons (Fsp3) is 0.692. The topological polar surface area (TPSA) is 48.4 Å². The van der Waals surface area contributed by atoms with Gasteiger partial charge in [-0.3, -0.25) is 9.78 Å². The van der Waals surface area contributed by atoms with E-state index in [-0.39, 0.29) is 38.1 Å². The molecule has 2 saturated heterocycles. The normalized spacial score (nSPS) is 41.7. The van der Waals surface area contributed by atoms with Crippen LogP contribution in [0.5, 0.6) is 0 Å². The zero-order valence-corrected chi connectivity index (χ0v) is 20.3. The molecule has 0 amide bonds. The van der Waals surface area contributed by atoms with Crippen LogP contribution in [-0.4, -0.2) is 34.7 Å². The maximum absolute atomic E-state index is 13.1. The van der Waals surface area contributed by atoms with E-state index in [9.17, 15) is 4.79 Å². The fourth-order valence-corrected chi connectivity index (χ4v) is 11.0. The molecule has 0 aromatic carbocycles. The van der Waals surface area contributed by atoms with Gasteiger partial charge in [0.2, 0.25) is 6.29 Å². The maximum Gasteiger partial charge on any atom is 0.312 e. The highest BCUT2D eigenvalue weighted by Gasteiger charge is 2.66. The van der Waals surface area contributed by atoms with Crippen molar-refractivity contribution in [2.45, 2.75) is 83.8 Å². The summed E-state index contributed by atoms with van der Waals surface area (Å²) in [6.07, 6.45) is 6.21. The van der Waals surface area contributed by atoms with E-state index < -0.39 is 0 Å². The summed E-state index contributed by atoms with van der Waals surface area (Å²) >= 11 is 0. The number of fused-ring (bicyclic) bond motifs is 5. The zero-order valence-electron chi connectivity index (χ0n) is 19.5.